The van der Waals surface area contributed by atoms with Crippen molar-refractivity contribution in [2.75, 3.05) is 0 Å². The first kappa shape index (κ1) is 28.2. The number of hydrogen-bond donors (Lipinski definition) is 0. The minimum atomic E-state index is 0.584. The monoisotopic (exact) mass is 641 g/mol. The molecule has 3 aromatic heterocycles. The zero-order valence-electron chi connectivity index (χ0n) is 26.7. The molecule has 3 heterocycles. The van der Waals surface area contributed by atoms with Gasteiger partial charge < -0.3 is 8.83 Å². The van der Waals surface area contributed by atoms with Gasteiger partial charge in [0.1, 0.15) is 22.3 Å². The predicted molar refractivity (Wildman–Crippen MR) is 202 cm³/mol. The number of rotatable bonds is 5. The fraction of sp³-hybridized carbons (Fsp3) is 0. The van der Waals surface area contributed by atoms with Crippen molar-refractivity contribution >= 4 is 43.9 Å². The van der Waals surface area contributed by atoms with Crippen molar-refractivity contribution in [1.82, 2.24) is 15.0 Å². The van der Waals surface area contributed by atoms with Crippen LogP contribution in [0.5, 0.6) is 0 Å². The van der Waals surface area contributed by atoms with E-state index < -0.39 is 0 Å². The first-order valence-corrected chi connectivity index (χ1v) is 16.6. The number of nitrogens with zero attached hydrogens (tertiary/aromatic N) is 3. The third-order valence-electron chi connectivity index (χ3n) is 9.37. The van der Waals surface area contributed by atoms with E-state index >= 15 is 0 Å². The Labute approximate surface area is 287 Å². The maximum atomic E-state index is 6.67. The van der Waals surface area contributed by atoms with E-state index in [0.29, 0.717) is 17.5 Å². The second kappa shape index (κ2) is 11.4. The highest BCUT2D eigenvalue weighted by molar-refractivity contribution is 6.16. The molecular formula is C45H27N3O2. The van der Waals surface area contributed by atoms with Gasteiger partial charge in [0.15, 0.2) is 17.5 Å². The molecule has 50 heavy (non-hydrogen) atoms. The SMILES string of the molecule is c1ccc(-c2ccc(-c3nc(-c4ccccc4)nc(-c4ccc(-c5ccc6oc7ccccc7c6c5)c5oc6ccccc6c45)n3)cc2)cc1. The summed E-state index contributed by atoms with van der Waals surface area (Å²) in [6.07, 6.45) is 0. The molecule has 0 radical (unpaired) electrons. The van der Waals surface area contributed by atoms with Gasteiger partial charge in [0, 0.05) is 43.8 Å². The molecule has 0 bridgehead atoms. The Morgan fingerprint density at radius 3 is 1.56 bits per heavy atom. The van der Waals surface area contributed by atoms with Crippen LogP contribution in [0.2, 0.25) is 0 Å². The van der Waals surface area contributed by atoms with Crippen LogP contribution in [-0.2, 0) is 0 Å². The molecule has 0 amide bonds. The average molecular weight is 642 g/mol. The predicted octanol–water partition coefficient (Wildman–Crippen LogP) is 12.0. The van der Waals surface area contributed by atoms with Crippen molar-refractivity contribution in [2.24, 2.45) is 0 Å². The summed E-state index contributed by atoms with van der Waals surface area (Å²) in [6.45, 7) is 0. The number of para-hydroxylation sites is 2. The zero-order valence-corrected chi connectivity index (χ0v) is 26.7. The standard InChI is InChI=1S/C45H27N3O2/c1-3-11-28(12-4-1)29-19-21-31(22-20-29)44-46-43(30-13-5-2-6-14-30)47-45(48-44)36-25-24-33(42-41(36)35-16-8-10-18-39(35)50-42)32-23-26-40-37(27-32)34-15-7-9-17-38(34)49-40/h1-27H. The molecule has 0 fully saturated rings. The molecule has 0 aliphatic heterocycles. The summed E-state index contributed by atoms with van der Waals surface area (Å²) in [4.78, 5) is 15.2. The molecule has 7 aromatic carbocycles. The fourth-order valence-corrected chi connectivity index (χ4v) is 6.92. The van der Waals surface area contributed by atoms with E-state index in [-0.39, 0.29) is 0 Å². The summed E-state index contributed by atoms with van der Waals surface area (Å²) in [6, 6.07) is 55.7. The summed E-state index contributed by atoms with van der Waals surface area (Å²) in [5, 5.41) is 4.12. The first-order chi connectivity index (χ1) is 24.8. The van der Waals surface area contributed by atoms with Crippen LogP contribution in [0, 0.1) is 0 Å². The van der Waals surface area contributed by atoms with Crippen LogP contribution < -0.4 is 0 Å². The van der Waals surface area contributed by atoms with Gasteiger partial charge >= 0.3 is 0 Å². The summed E-state index contributed by atoms with van der Waals surface area (Å²) in [5.41, 5.74) is 10.4. The quantitative estimate of drug-likeness (QED) is 0.187. The Morgan fingerprint density at radius 2 is 0.820 bits per heavy atom. The van der Waals surface area contributed by atoms with Gasteiger partial charge in [-0.2, -0.15) is 0 Å². The van der Waals surface area contributed by atoms with Gasteiger partial charge in [-0.15, -0.1) is 0 Å². The van der Waals surface area contributed by atoms with E-state index in [1.807, 2.05) is 78.9 Å². The Morgan fingerprint density at radius 1 is 0.320 bits per heavy atom. The first-order valence-electron chi connectivity index (χ1n) is 16.6. The molecule has 0 unspecified atom stereocenters. The molecule has 0 aliphatic carbocycles. The molecule has 0 saturated heterocycles. The van der Waals surface area contributed by atoms with Crippen LogP contribution in [-0.4, -0.2) is 15.0 Å². The van der Waals surface area contributed by atoms with Gasteiger partial charge in [-0.05, 0) is 53.1 Å². The molecule has 234 valence electrons. The normalized spacial score (nSPS) is 11.6. The molecule has 5 heteroatoms. The van der Waals surface area contributed by atoms with Crippen molar-refractivity contribution in [3.05, 3.63) is 164 Å². The maximum absolute atomic E-state index is 6.67. The minimum Gasteiger partial charge on any atom is -0.456 e. The second-order valence-corrected chi connectivity index (χ2v) is 12.4. The second-order valence-electron chi connectivity index (χ2n) is 12.4. The van der Waals surface area contributed by atoms with E-state index in [1.54, 1.807) is 0 Å². The summed E-state index contributed by atoms with van der Waals surface area (Å²) >= 11 is 0. The fourth-order valence-electron chi connectivity index (χ4n) is 6.92. The van der Waals surface area contributed by atoms with Crippen molar-refractivity contribution < 1.29 is 8.83 Å². The van der Waals surface area contributed by atoms with E-state index in [9.17, 15) is 0 Å². The molecule has 0 aliphatic rings. The highest BCUT2D eigenvalue weighted by atomic mass is 16.3. The number of aromatic nitrogens is 3. The van der Waals surface area contributed by atoms with Crippen LogP contribution in [0.1, 0.15) is 0 Å². The Kier molecular flexibility index (Phi) is 6.42. The highest BCUT2D eigenvalue weighted by Gasteiger charge is 2.21. The summed E-state index contributed by atoms with van der Waals surface area (Å²) in [5.74, 6) is 1.80. The van der Waals surface area contributed by atoms with Crippen LogP contribution in [0.15, 0.2) is 173 Å². The van der Waals surface area contributed by atoms with Gasteiger partial charge in [-0.3, -0.25) is 0 Å². The summed E-state index contributed by atoms with van der Waals surface area (Å²) < 4.78 is 12.8. The largest absolute Gasteiger partial charge is 0.456 e. The lowest BCUT2D eigenvalue weighted by atomic mass is 9.97. The molecule has 10 rings (SSSR count). The molecule has 0 atom stereocenters. The molecule has 0 spiro atoms. The third-order valence-corrected chi connectivity index (χ3v) is 9.37. The van der Waals surface area contributed by atoms with Gasteiger partial charge in [-0.25, -0.2) is 15.0 Å². The minimum absolute atomic E-state index is 0.584. The Balaban J connectivity index is 1.18. The lowest BCUT2D eigenvalue weighted by Crippen LogP contribution is -2.00. The smallest absolute Gasteiger partial charge is 0.164 e. The maximum Gasteiger partial charge on any atom is 0.164 e. The van der Waals surface area contributed by atoms with E-state index in [1.165, 1.54) is 0 Å². The van der Waals surface area contributed by atoms with Crippen molar-refractivity contribution in [2.45, 2.75) is 0 Å². The molecule has 5 nitrogen and oxygen atoms in total. The Bertz CT molecular complexity index is 2850. The lowest BCUT2D eigenvalue weighted by molar-refractivity contribution is 0.668. The number of hydrogen-bond acceptors (Lipinski definition) is 5. The topological polar surface area (TPSA) is 65.0 Å². The van der Waals surface area contributed by atoms with Crippen molar-refractivity contribution in [1.29, 1.82) is 0 Å². The van der Waals surface area contributed by atoms with E-state index in [2.05, 4.69) is 84.9 Å². The van der Waals surface area contributed by atoms with Crippen LogP contribution in [0.25, 0.3) is 100 Å². The zero-order chi connectivity index (χ0) is 33.0. The van der Waals surface area contributed by atoms with Crippen molar-refractivity contribution in [3.8, 4) is 56.4 Å². The van der Waals surface area contributed by atoms with E-state index in [4.69, 9.17) is 23.8 Å². The number of furan rings is 2. The van der Waals surface area contributed by atoms with Crippen LogP contribution >= 0.6 is 0 Å². The van der Waals surface area contributed by atoms with E-state index in [0.717, 1.165) is 82.8 Å². The Hall–Kier alpha value is -6.85. The molecular weight excluding hydrogens is 615 g/mol. The summed E-state index contributed by atoms with van der Waals surface area (Å²) in [7, 11) is 0. The van der Waals surface area contributed by atoms with Gasteiger partial charge in [0.05, 0.1) is 0 Å². The third kappa shape index (κ3) is 4.67. The van der Waals surface area contributed by atoms with Gasteiger partial charge in [0.2, 0.25) is 0 Å². The molecule has 0 saturated carbocycles. The number of fused-ring (bicyclic) bond motifs is 6. The van der Waals surface area contributed by atoms with Gasteiger partial charge in [-0.1, -0.05) is 127 Å². The van der Waals surface area contributed by atoms with Gasteiger partial charge in [0.25, 0.3) is 0 Å². The average Bonchev–Trinajstić information content (AvgIpc) is 3.77. The number of benzene rings is 7. The van der Waals surface area contributed by atoms with Crippen LogP contribution in [0.3, 0.4) is 0 Å². The highest BCUT2D eigenvalue weighted by Crippen LogP contribution is 2.42. The molecule has 0 N–H and O–H groups in total. The lowest BCUT2D eigenvalue weighted by Gasteiger charge is -2.11. The van der Waals surface area contributed by atoms with Crippen molar-refractivity contribution in [3.63, 3.8) is 0 Å². The molecule has 10 aromatic rings. The van der Waals surface area contributed by atoms with Crippen LogP contribution in [0.4, 0.5) is 0 Å².